The molecular formula is C44H60N4O11. The molecule has 0 unspecified atom stereocenters. The van der Waals surface area contributed by atoms with Crippen LogP contribution in [0, 0.1) is 29.6 Å². The van der Waals surface area contributed by atoms with E-state index in [0.29, 0.717) is 17.7 Å². The summed E-state index contributed by atoms with van der Waals surface area (Å²) in [5, 5.41) is 17.2. The molecule has 4 fully saturated rings. The summed E-state index contributed by atoms with van der Waals surface area (Å²) in [6, 6.07) is 8.48. The number of ketones is 2. The molecule has 7 rings (SSSR count). The Hall–Kier alpha value is -4.02. The van der Waals surface area contributed by atoms with Crippen molar-refractivity contribution >= 4 is 40.2 Å². The van der Waals surface area contributed by atoms with Crippen LogP contribution in [0.3, 0.4) is 0 Å². The van der Waals surface area contributed by atoms with E-state index >= 15 is 0 Å². The molecule has 5 aliphatic heterocycles. The van der Waals surface area contributed by atoms with Gasteiger partial charge < -0.3 is 38.5 Å². The molecule has 0 aliphatic carbocycles. The summed E-state index contributed by atoms with van der Waals surface area (Å²) in [5.74, 6) is -5.83. The van der Waals surface area contributed by atoms with E-state index in [4.69, 9.17) is 28.5 Å². The van der Waals surface area contributed by atoms with Crippen LogP contribution in [-0.4, -0.2) is 137 Å². The van der Waals surface area contributed by atoms with Gasteiger partial charge in [-0.15, -0.1) is 0 Å². The van der Waals surface area contributed by atoms with Crippen LogP contribution >= 0.6 is 0 Å². The van der Waals surface area contributed by atoms with Gasteiger partial charge in [0.2, 0.25) is 0 Å². The summed E-state index contributed by atoms with van der Waals surface area (Å²) in [4.78, 5) is 72.2. The van der Waals surface area contributed by atoms with Crippen molar-refractivity contribution in [2.45, 2.75) is 135 Å². The van der Waals surface area contributed by atoms with Gasteiger partial charge in [0.05, 0.1) is 47.6 Å². The van der Waals surface area contributed by atoms with E-state index in [9.17, 15) is 24.3 Å². The fourth-order valence-corrected chi connectivity index (χ4v) is 10.4. The second kappa shape index (κ2) is 16.4. The van der Waals surface area contributed by atoms with Gasteiger partial charge >= 0.3 is 12.1 Å². The third kappa shape index (κ3) is 7.77. The van der Waals surface area contributed by atoms with E-state index in [-0.39, 0.29) is 43.9 Å². The molecule has 0 saturated carbocycles. The minimum atomic E-state index is -1.48. The fourth-order valence-electron chi connectivity index (χ4n) is 10.4. The molecule has 2 bridgehead atoms. The maximum Gasteiger partial charge on any atom is 0.410 e. The summed E-state index contributed by atoms with van der Waals surface area (Å²) in [5.41, 5.74) is -0.862. The minimum absolute atomic E-state index is 0.0308. The summed E-state index contributed by atoms with van der Waals surface area (Å²) < 4.78 is 32.5. The number of benzene rings is 1. The molecule has 1 N–H and O–H groups in total. The first kappa shape index (κ1) is 43.1. The molecule has 322 valence electrons. The van der Waals surface area contributed by atoms with E-state index in [2.05, 4.69) is 10.1 Å². The van der Waals surface area contributed by atoms with E-state index < -0.39 is 95.4 Å². The van der Waals surface area contributed by atoms with Gasteiger partial charge in [-0.3, -0.25) is 24.3 Å². The van der Waals surface area contributed by atoms with Crippen LogP contribution in [0.25, 0.3) is 10.9 Å². The van der Waals surface area contributed by atoms with Gasteiger partial charge in [0.15, 0.2) is 23.8 Å². The number of cyclic esters (lactones) is 1. The Balaban J connectivity index is 1.38. The lowest BCUT2D eigenvalue weighted by molar-refractivity contribution is -0.299. The number of pyridine rings is 1. The summed E-state index contributed by atoms with van der Waals surface area (Å²) in [7, 11) is 3.74. The maximum atomic E-state index is 14.9. The molecule has 1 aromatic carbocycles. The first-order valence-electron chi connectivity index (χ1n) is 21.0. The Morgan fingerprint density at radius 3 is 2.46 bits per heavy atom. The molecule has 15 heteroatoms. The first-order chi connectivity index (χ1) is 27.9. The van der Waals surface area contributed by atoms with Crippen LogP contribution in [0.2, 0.25) is 0 Å². The van der Waals surface area contributed by atoms with Crippen molar-refractivity contribution in [3.05, 3.63) is 42.1 Å². The number of hydrogen-bond donors (Lipinski definition) is 1. The Morgan fingerprint density at radius 1 is 1.02 bits per heavy atom. The zero-order chi connectivity index (χ0) is 42.7. The molecule has 2 aromatic rings. The molecule has 59 heavy (non-hydrogen) atoms. The van der Waals surface area contributed by atoms with Gasteiger partial charge in [-0.25, -0.2) is 4.79 Å². The largest absolute Gasteiger partial charge is 0.458 e. The van der Waals surface area contributed by atoms with Crippen molar-refractivity contribution in [2.75, 3.05) is 27.2 Å². The molecule has 6 heterocycles. The molecule has 15 atom stereocenters. The highest BCUT2D eigenvalue weighted by atomic mass is 16.7. The molecule has 1 amide bonds. The van der Waals surface area contributed by atoms with Crippen molar-refractivity contribution < 1.29 is 52.8 Å². The molecule has 0 spiro atoms. The topological polar surface area (TPSA) is 176 Å². The van der Waals surface area contributed by atoms with Crippen LogP contribution in [-0.2, 0) is 42.9 Å². The molecule has 4 saturated heterocycles. The number of esters is 1. The van der Waals surface area contributed by atoms with E-state index in [1.807, 2.05) is 63.2 Å². The number of hydrogen-bond acceptors (Lipinski definition) is 14. The van der Waals surface area contributed by atoms with Gasteiger partial charge in [0, 0.05) is 47.5 Å². The number of likely N-dealkylation sites (N-methyl/N-ethyl adjacent to an activating group) is 1. The van der Waals surface area contributed by atoms with Crippen LogP contribution in [0.5, 0.6) is 0 Å². The number of amides is 1. The summed E-state index contributed by atoms with van der Waals surface area (Å²) >= 11 is 0. The SMILES string of the molecule is CC[C@H]1OC(=O)[C@H](C)C(=O)[C@H](C)[C@@H](O[C@@H]2O[C@H](C)C[C@H](N(C)C)[C@H]2O)[C@@]2(C)C[C@H](C)C(=O)[C@H](C)[C@@H]3N(C[C@H]4C(c5cnc6ccccc6c5)=NO[C@H]4CO2)C(=O)O[C@@]31C. The lowest BCUT2D eigenvalue weighted by Crippen LogP contribution is -2.61. The smallest absolute Gasteiger partial charge is 0.410 e. The van der Waals surface area contributed by atoms with E-state index in [0.717, 1.165) is 10.9 Å². The zero-order valence-corrected chi connectivity index (χ0v) is 35.8. The Kier molecular flexibility index (Phi) is 12.0. The zero-order valence-electron chi connectivity index (χ0n) is 35.8. The molecular weight excluding hydrogens is 761 g/mol. The Morgan fingerprint density at radius 2 is 1.75 bits per heavy atom. The number of aliphatic hydroxyl groups is 1. The van der Waals surface area contributed by atoms with E-state index in [1.165, 1.54) is 6.92 Å². The van der Waals surface area contributed by atoms with Crippen LogP contribution in [0.1, 0.15) is 80.2 Å². The monoisotopic (exact) mass is 820 g/mol. The first-order valence-corrected chi connectivity index (χ1v) is 21.0. The lowest BCUT2D eigenvalue weighted by Gasteiger charge is -2.48. The second-order valence-corrected chi connectivity index (χ2v) is 18.1. The predicted octanol–water partition coefficient (Wildman–Crippen LogP) is 4.54. The number of carbonyl (C=O) groups is 4. The average molecular weight is 821 g/mol. The number of carbonyl (C=O) groups excluding carboxylic acids is 4. The number of nitrogens with zero attached hydrogens (tertiary/aromatic N) is 4. The van der Waals surface area contributed by atoms with Gasteiger partial charge in [0.25, 0.3) is 0 Å². The number of aromatic nitrogens is 1. The second-order valence-electron chi connectivity index (χ2n) is 18.1. The van der Waals surface area contributed by atoms with Crippen molar-refractivity contribution in [3.63, 3.8) is 0 Å². The fraction of sp³-hybridized carbons (Fsp3) is 0.682. The number of para-hydroxylation sites is 1. The molecule has 15 nitrogen and oxygen atoms in total. The average Bonchev–Trinajstić information content (AvgIpc) is 3.72. The highest BCUT2D eigenvalue weighted by Crippen LogP contribution is 2.45. The van der Waals surface area contributed by atoms with Gasteiger partial charge in [-0.2, -0.15) is 0 Å². The number of Topliss-reactive ketones (excluding diaryl/α,β-unsaturated/α-hetero) is 2. The van der Waals surface area contributed by atoms with Crippen LogP contribution in [0.4, 0.5) is 4.79 Å². The lowest BCUT2D eigenvalue weighted by atomic mass is 9.73. The van der Waals surface area contributed by atoms with Crippen molar-refractivity contribution in [1.29, 1.82) is 0 Å². The van der Waals surface area contributed by atoms with Gasteiger partial charge in [-0.1, -0.05) is 51.0 Å². The van der Waals surface area contributed by atoms with Gasteiger partial charge in [0.1, 0.15) is 23.9 Å². The van der Waals surface area contributed by atoms with Gasteiger partial charge in [-0.05, 0) is 73.2 Å². The Labute approximate surface area is 346 Å². The summed E-state index contributed by atoms with van der Waals surface area (Å²) in [6.45, 7) is 13.9. The number of aliphatic hydroxyl groups excluding tert-OH is 1. The van der Waals surface area contributed by atoms with Crippen molar-refractivity contribution in [2.24, 2.45) is 34.7 Å². The van der Waals surface area contributed by atoms with Crippen LogP contribution in [0.15, 0.2) is 41.7 Å². The number of rotatable bonds is 5. The number of ether oxygens (including phenoxy) is 5. The standard InChI is InChI=1S/C44H60N4O11/c1-11-33-44(8)38-24(4)35(49)22(2)18-43(7,39(25(5)36(50)26(6)40(52)56-33)57-41-37(51)31(47(9)10)16-23(3)55-41)54-21-32-29(20-48(38)42(53)58-44)34(46-59-32)28-17-27-14-12-13-15-30(27)45-19-28/h12-15,17,19,22-26,29,31-33,37-39,41,51H,11,16,18,20-21H2,1-10H3/t22-,23+,24-,25-,26+,29+,31-,32-,33+,37+,38-,39+,41-,43+,44+/m0/s1. The highest BCUT2D eigenvalue weighted by Gasteiger charge is 2.62. The predicted molar refractivity (Wildman–Crippen MR) is 215 cm³/mol. The molecule has 1 aromatic heterocycles. The maximum absolute atomic E-state index is 14.9. The van der Waals surface area contributed by atoms with Crippen molar-refractivity contribution in [3.8, 4) is 0 Å². The third-order valence-corrected chi connectivity index (χ3v) is 13.6. The molecule has 5 aliphatic rings. The number of oxime groups is 1. The van der Waals surface area contributed by atoms with E-state index in [1.54, 1.807) is 45.7 Å². The third-order valence-electron chi connectivity index (χ3n) is 13.6. The number of fused-ring (bicyclic) bond motifs is 6. The van der Waals surface area contributed by atoms with Crippen LogP contribution < -0.4 is 0 Å². The quantitative estimate of drug-likeness (QED) is 0.329. The Bertz CT molecular complexity index is 1980. The summed E-state index contributed by atoms with van der Waals surface area (Å²) in [6.07, 6.45) is -3.57. The molecule has 0 radical (unpaired) electrons. The minimum Gasteiger partial charge on any atom is -0.458 e. The van der Waals surface area contributed by atoms with Crippen molar-refractivity contribution in [1.82, 2.24) is 14.8 Å². The highest BCUT2D eigenvalue weighted by molar-refractivity contribution is 6.05. The normalized spacial score (nSPS) is 40.9.